The van der Waals surface area contributed by atoms with E-state index in [1.54, 1.807) is 14.2 Å². The summed E-state index contributed by atoms with van der Waals surface area (Å²) in [7, 11) is 3.28. The SMILES string of the molecule is C=C(C)c1nc(NC2C=C(C3CC3)NN2)cc2cc(OC)c(OC)cc12. The van der Waals surface area contributed by atoms with Crippen molar-refractivity contribution in [2.75, 3.05) is 19.5 Å². The Kier molecular flexibility index (Phi) is 4.20. The first-order chi connectivity index (χ1) is 12.6. The average Bonchev–Trinajstić information content (AvgIpc) is 3.39. The lowest BCUT2D eigenvalue weighted by atomic mass is 10.0. The van der Waals surface area contributed by atoms with Crippen LogP contribution in [0.3, 0.4) is 0 Å². The fourth-order valence-electron chi connectivity index (χ4n) is 3.27. The summed E-state index contributed by atoms with van der Waals surface area (Å²) in [4.78, 5) is 4.78. The molecular formula is C20H24N4O2. The highest BCUT2D eigenvalue weighted by molar-refractivity contribution is 5.95. The van der Waals surface area contributed by atoms with Gasteiger partial charge in [-0.15, -0.1) is 0 Å². The van der Waals surface area contributed by atoms with Gasteiger partial charge in [0.1, 0.15) is 12.0 Å². The first-order valence-electron chi connectivity index (χ1n) is 8.81. The van der Waals surface area contributed by atoms with Crippen molar-refractivity contribution < 1.29 is 9.47 Å². The van der Waals surface area contributed by atoms with Crippen LogP contribution in [0.1, 0.15) is 25.5 Å². The summed E-state index contributed by atoms with van der Waals surface area (Å²) in [5.41, 5.74) is 9.54. The van der Waals surface area contributed by atoms with Crippen LogP contribution in [0.2, 0.25) is 0 Å². The molecule has 2 aliphatic rings. The van der Waals surface area contributed by atoms with Gasteiger partial charge in [0.2, 0.25) is 0 Å². The third-order valence-electron chi connectivity index (χ3n) is 4.78. The maximum atomic E-state index is 5.45. The molecule has 0 bridgehead atoms. The molecule has 136 valence electrons. The molecule has 1 saturated carbocycles. The topological polar surface area (TPSA) is 67.4 Å². The van der Waals surface area contributed by atoms with Crippen LogP contribution in [0.25, 0.3) is 16.3 Å². The third kappa shape index (κ3) is 3.08. The molecule has 26 heavy (non-hydrogen) atoms. The number of benzene rings is 1. The van der Waals surface area contributed by atoms with Crippen LogP contribution in [-0.4, -0.2) is 25.4 Å². The van der Waals surface area contributed by atoms with Gasteiger partial charge >= 0.3 is 0 Å². The highest BCUT2D eigenvalue weighted by Crippen LogP contribution is 2.37. The van der Waals surface area contributed by atoms with Gasteiger partial charge in [0.05, 0.1) is 19.9 Å². The van der Waals surface area contributed by atoms with E-state index in [-0.39, 0.29) is 6.17 Å². The van der Waals surface area contributed by atoms with Crippen molar-refractivity contribution in [3.05, 3.63) is 42.2 Å². The second-order valence-corrected chi connectivity index (χ2v) is 6.85. The van der Waals surface area contributed by atoms with Crippen LogP contribution >= 0.6 is 0 Å². The average molecular weight is 352 g/mol. The molecule has 1 aliphatic heterocycles. The summed E-state index contributed by atoms with van der Waals surface area (Å²) in [6, 6.07) is 5.95. The van der Waals surface area contributed by atoms with E-state index in [9.17, 15) is 0 Å². The minimum absolute atomic E-state index is 0.00802. The van der Waals surface area contributed by atoms with Crippen molar-refractivity contribution in [1.29, 1.82) is 0 Å². The van der Waals surface area contributed by atoms with Gasteiger partial charge in [-0.05, 0) is 60.9 Å². The van der Waals surface area contributed by atoms with Crippen molar-refractivity contribution in [1.82, 2.24) is 15.8 Å². The second kappa shape index (κ2) is 6.53. The van der Waals surface area contributed by atoms with Gasteiger partial charge in [-0.3, -0.25) is 0 Å². The minimum atomic E-state index is 0.00802. The van der Waals surface area contributed by atoms with E-state index >= 15 is 0 Å². The Morgan fingerprint density at radius 2 is 1.92 bits per heavy atom. The number of pyridine rings is 1. The fourth-order valence-corrected chi connectivity index (χ4v) is 3.27. The Balaban J connectivity index is 1.72. The van der Waals surface area contributed by atoms with Gasteiger partial charge in [0.25, 0.3) is 0 Å². The zero-order valence-corrected chi connectivity index (χ0v) is 15.3. The third-order valence-corrected chi connectivity index (χ3v) is 4.78. The first-order valence-corrected chi connectivity index (χ1v) is 8.81. The molecule has 0 amide bonds. The van der Waals surface area contributed by atoms with Crippen molar-refractivity contribution >= 4 is 22.2 Å². The number of allylic oxidation sites excluding steroid dienone is 2. The smallest absolute Gasteiger partial charge is 0.161 e. The van der Waals surface area contributed by atoms with E-state index in [0.717, 1.165) is 27.9 Å². The molecule has 2 heterocycles. The fraction of sp³-hybridized carbons (Fsp3) is 0.350. The first kappa shape index (κ1) is 16.7. The molecule has 1 aromatic heterocycles. The Morgan fingerprint density at radius 3 is 2.58 bits per heavy atom. The molecule has 0 radical (unpaired) electrons. The highest BCUT2D eigenvalue weighted by atomic mass is 16.5. The van der Waals surface area contributed by atoms with E-state index in [1.807, 2.05) is 25.1 Å². The number of methoxy groups -OCH3 is 2. The molecule has 1 aliphatic carbocycles. The van der Waals surface area contributed by atoms with Gasteiger partial charge in [-0.2, -0.15) is 0 Å². The molecule has 2 aromatic rings. The number of nitrogens with zero attached hydrogens (tertiary/aromatic N) is 1. The summed E-state index contributed by atoms with van der Waals surface area (Å²) in [5, 5.41) is 5.45. The molecule has 6 nitrogen and oxygen atoms in total. The summed E-state index contributed by atoms with van der Waals surface area (Å²) >= 11 is 0. The molecule has 0 saturated heterocycles. The number of hydrazine groups is 1. The molecular weight excluding hydrogens is 328 g/mol. The largest absolute Gasteiger partial charge is 0.493 e. The van der Waals surface area contributed by atoms with Gasteiger partial charge in [0.15, 0.2) is 11.5 Å². The molecule has 3 N–H and O–H groups in total. The normalized spacial score (nSPS) is 19.0. The van der Waals surface area contributed by atoms with Gasteiger partial charge < -0.3 is 20.2 Å². The van der Waals surface area contributed by atoms with Crippen LogP contribution in [0, 0.1) is 5.92 Å². The Morgan fingerprint density at radius 1 is 1.19 bits per heavy atom. The van der Waals surface area contributed by atoms with E-state index in [2.05, 4.69) is 28.8 Å². The maximum Gasteiger partial charge on any atom is 0.161 e. The lowest BCUT2D eigenvalue weighted by Crippen LogP contribution is -2.37. The number of aromatic nitrogens is 1. The summed E-state index contributed by atoms with van der Waals surface area (Å²) < 4.78 is 10.9. The maximum absolute atomic E-state index is 5.45. The van der Waals surface area contributed by atoms with Gasteiger partial charge in [-0.1, -0.05) is 6.58 Å². The standard InChI is InChI=1S/C20H24N4O2/c1-11(2)20-14-9-17(26-4)16(25-3)7-13(14)8-18(22-20)21-19-10-15(23-24-19)12-5-6-12/h7-10,12,19,23-24H,1,5-6H2,2-4H3,(H,21,22). The quantitative estimate of drug-likeness (QED) is 0.740. The van der Waals surface area contributed by atoms with Gasteiger partial charge in [0, 0.05) is 11.1 Å². The summed E-state index contributed by atoms with van der Waals surface area (Å²) in [6.45, 7) is 6.05. The van der Waals surface area contributed by atoms with Gasteiger partial charge in [-0.25, -0.2) is 10.4 Å². The number of hydrogen-bond acceptors (Lipinski definition) is 6. The van der Waals surface area contributed by atoms with E-state index < -0.39 is 0 Å². The molecule has 4 rings (SSSR count). The Labute approximate surface area is 153 Å². The van der Waals surface area contributed by atoms with Crippen LogP contribution in [0.4, 0.5) is 5.82 Å². The number of hydrogen-bond donors (Lipinski definition) is 3. The molecule has 6 heteroatoms. The minimum Gasteiger partial charge on any atom is -0.493 e. The number of rotatable bonds is 6. The predicted octanol–water partition coefficient (Wildman–Crippen LogP) is 3.42. The van der Waals surface area contributed by atoms with Crippen molar-refractivity contribution in [2.45, 2.75) is 25.9 Å². The lowest BCUT2D eigenvalue weighted by molar-refractivity contribution is 0.356. The van der Waals surface area contributed by atoms with Crippen LogP contribution in [0.15, 0.2) is 36.6 Å². The summed E-state index contributed by atoms with van der Waals surface area (Å²) in [6.07, 6.45) is 4.73. The number of nitrogens with one attached hydrogen (secondary N) is 3. The zero-order chi connectivity index (χ0) is 18.3. The van der Waals surface area contributed by atoms with Crippen molar-refractivity contribution in [3.63, 3.8) is 0 Å². The monoisotopic (exact) mass is 352 g/mol. The number of fused-ring (bicyclic) bond motifs is 1. The second-order valence-electron chi connectivity index (χ2n) is 6.85. The van der Waals surface area contributed by atoms with Crippen molar-refractivity contribution in [3.8, 4) is 11.5 Å². The van der Waals surface area contributed by atoms with E-state index in [4.69, 9.17) is 14.5 Å². The number of anilines is 1. The Hall–Kier alpha value is -2.73. The number of ether oxygens (including phenoxy) is 2. The molecule has 1 fully saturated rings. The predicted molar refractivity (Wildman–Crippen MR) is 104 cm³/mol. The van der Waals surface area contributed by atoms with E-state index in [0.29, 0.717) is 17.4 Å². The van der Waals surface area contributed by atoms with Crippen LogP contribution in [0.5, 0.6) is 11.5 Å². The summed E-state index contributed by atoms with van der Waals surface area (Å²) in [5.74, 6) is 2.85. The zero-order valence-electron chi connectivity index (χ0n) is 15.3. The highest BCUT2D eigenvalue weighted by Gasteiger charge is 2.30. The van der Waals surface area contributed by atoms with E-state index in [1.165, 1.54) is 18.5 Å². The van der Waals surface area contributed by atoms with Crippen LogP contribution < -0.4 is 25.6 Å². The Bertz CT molecular complexity index is 902. The van der Waals surface area contributed by atoms with Crippen molar-refractivity contribution in [2.24, 2.45) is 5.92 Å². The molecule has 1 atom stereocenters. The molecule has 1 aromatic carbocycles. The molecule has 1 unspecified atom stereocenters. The lowest BCUT2D eigenvalue weighted by Gasteiger charge is -2.16. The molecule has 0 spiro atoms. The van der Waals surface area contributed by atoms with Crippen LogP contribution in [-0.2, 0) is 0 Å².